The third-order valence-corrected chi connectivity index (χ3v) is 3.36. The predicted molar refractivity (Wildman–Crippen MR) is 84.0 cm³/mol. The molecule has 0 saturated heterocycles. The third kappa shape index (κ3) is 3.53. The zero-order valence-corrected chi connectivity index (χ0v) is 12.9. The van der Waals surface area contributed by atoms with Gasteiger partial charge in [0.2, 0.25) is 5.88 Å². The maximum absolute atomic E-state index is 12.3. The van der Waals surface area contributed by atoms with E-state index in [-0.39, 0.29) is 5.91 Å². The summed E-state index contributed by atoms with van der Waals surface area (Å²) in [5.74, 6) is 1.56. The number of carbonyl (C=O) groups excluding carboxylic acids is 1. The second-order valence-corrected chi connectivity index (χ2v) is 4.95. The molecule has 1 aliphatic heterocycles. The van der Waals surface area contributed by atoms with E-state index in [1.807, 2.05) is 25.1 Å². The largest absolute Gasteiger partial charge is 0.486 e. The van der Waals surface area contributed by atoms with Crippen molar-refractivity contribution < 1.29 is 19.0 Å². The lowest BCUT2D eigenvalue weighted by atomic mass is 10.2. The van der Waals surface area contributed by atoms with E-state index in [1.54, 1.807) is 18.3 Å². The molecule has 23 heavy (non-hydrogen) atoms. The average molecular weight is 314 g/mol. The minimum absolute atomic E-state index is 0.226. The fourth-order valence-electron chi connectivity index (χ4n) is 2.29. The van der Waals surface area contributed by atoms with Crippen molar-refractivity contribution in [2.45, 2.75) is 13.5 Å². The quantitative estimate of drug-likeness (QED) is 0.916. The van der Waals surface area contributed by atoms with Gasteiger partial charge in [0.15, 0.2) is 11.5 Å². The molecule has 0 fully saturated rings. The van der Waals surface area contributed by atoms with Gasteiger partial charge in [0.1, 0.15) is 18.8 Å². The Morgan fingerprint density at radius 3 is 2.91 bits per heavy atom. The molecule has 0 aliphatic carbocycles. The highest BCUT2D eigenvalue weighted by Crippen LogP contribution is 2.30. The van der Waals surface area contributed by atoms with E-state index < -0.39 is 0 Å². The van der Waals surface area contributed by atoms with Crippen molar-refractivity contribution in [3.63, 3.8) is 0 Å². The first-order valence-corrected chi connectivity index (χ1v) is 7.52. The number of pyridine rings is 1. The van der Waals surface area contributed by atoms with E-state index in [2.05, 4.69) is 10.3 Å². The number of hydrogen-bond acceptors (Lipinski definition) is 5. The molecule has 2 aromatic rings. The van der Waals surface area contributed by atoms with E-state index in [0.29, 0.717) is 43.6 Å². The summed E-state index contributed by atoms with van der Waals surface area (Å²) in [6, 6.07) is 9.03. The van der Waals surface area contributed by atoms with Gasteiger partial charge in [-0.15, -0.1) is 0 Å². The smallest absolute Gasteiger partial charge is 0.257 e. The SMILES string of the molecule is CCOc1ncccc1C(=O)NCc1ccc2c(c1)OCCO2. The van der Waals surface area contributed by atoms with Gasteiger partial charge in [-0.2, -0.15) is 0 Å². The molecule has 0 saturated carbocycles. The molecular weight excluding hydrogens is 296 g/mol. The van der Waals surface area contributed by atoms with Crippen molar-refractivity contribution in [3.05, 3.63) is 47.7 Å². The Kier molecular flexibility index (Phi) is 4.61. The van der Waals surface area contributed by atoms with Gasteiger partial charge >= 0.3 is 0 Å². The van der Waals surface area contributed by atoms with Crippen LogP contribution < -0.4 is 19.5 Å². The molecule has 0 spiro atoms. The minimum Gasteiger partial charge on any atom is -0.486 e. The molecule has 3 rings (SSSR count). The fraction of sp³-hybridized carbons (Fsp3) is 0.294. The van der Waals surface area contributed by atoms with Gasteiger partial charge in [0.05, 0.1) is 6.61 Å². The standard InChI is InChI=1S/C17H18N2O4/c1-2-21-17-13(4-3-7-18-17)16(20)19-11-12-5-6-14-15(10-12)23-9-8-22-14/h3-7,10H,2,8-9,11H2,1H3,(H,19,20). The molecule has 1 N–H and O–H groups in total. The minimum atomic E-state index is -0.226. The molecule has 6 heteroatoms. The summed E-state index contributed by atoms with van der Waals surface area (Å²) in [4.78, 5) is 16.4. The van der Waals surface area contributed by atoms with Gasteiger partial charge in [-0.1, -0.05) is 6.07 Å². The Morgan fingerprint density at radius 2 is 2.09 bits per heavy atom. The van der Waals surface area contributed by atoms with Crippen molar-refractivity contribution in [2.24, 2.45) is 0 Å². The number of carbonyl (C=O) groups is 1. The second-order valence-electron chi connectivity index (χ2n) is 4.95. The summed E-state index contributed by atoms with van der Waals surface area (Å²) < 4.78 is 16.4. The molecular formula is C17H18N2O4. The average Bonchev–Trinajstić information content (AvgIpc) is 2.60. The van der Waals surface area contributed by atoms with Gasteiger partial charge in [-0.25, -0.2) is 4.98 Å². The van der Waals surface area contributed by atoms with Crippen LogP contribution >= 0.6 is 0 Å². The monoisotopic (exact) mass is 314 g/mol. The molecule has 1 amide bonds. The Hall–Kier alpha value is -2.76. The highest BCUT2D eigenvalue weighted by atomic mass is 16.6. The number of aromatic nitrogens is 1. The van der Waals surface area contributed by atoms with Crippen molar-refractivity contribution in [1.82, 2.24) is 10.3 Å². The molecule has 120 valence electrons. The number of hydrogen-bond donors (Lipinski definition) is 1. The van der Waals surface area contributed by atoms with Crippen LogP contribution in [0.4, 0.5) is 0 Å². The van der Waals surface area contributed by atoms with Gasteiger partial charge in [0.25, 0.3) is 5.91 Å². The summed E-state index contributed by atoms with van der Waals surface area (Å²) in [6.45, 7) is 3.79. The number of rotatable bonds is 5. The highest BCUT2D eigenvalue weighted by molar-refractivity contribution is 5.96. The number of nitrogens with one attached hydrogen (secondary N) is 1. The number of benzene rings is 1. The highest BCUT2D eigenvalue weighted by Gasteiger charge is 2.15. The lowest BCUT2D eigenvalue weighted by Crippen LogP contribution is -2.24. The van der Waals surface area contributed by atoms with Crippen LogP contribution in [0, 0.1) is 0 Å². The summed E-state index contributed by atoms with van der Waals surface area (Å²) in [5, 5.41) is 2.87. The molecule has 6 nitrogen and oxygen atoms in total. The van der Waals surface area contributed by atoms with E-state index in [4.69, 9.17) is 14.2 Å². The second kappa shape index (κ2) is 7.00. The summed E-state index contributed by atoms with van der Waals surface area (Å²) in [5.41, 5.74) is 1.36. The van der Waals surface area contributed by atoms with Crippen LogP contribution in [0.25, 0.3) is 0 Å². The summed E-state index contributed by atoms with van der Waals surface area (Å²) in [7, 11) is 0. The Morgan fingerprint density at radius 1 is 1.26 bits per heavy atom. The fourth-order valence-corrected chi connectivity index (χ4v) is 2.29. The van der Waals surface area contributed by atoms with Crippen LogP contribution in [0.5, 0.6) is 17.4 Å². The molecule has 2 heterocycles. The van der Waals surface area contributed by atoms with Gasteiger partial charge in [-0.3, -0.25) is 4.79 Å². The summed E-state index contributed by atoms with van der Waals surface area (Å²) >= 11 is 0. The molecule has 1 aliphatic rings. The van der Waals surface area contributed by atoms with Crippen LogP contribution in [0.1, 0.15) is 22.8 Å². The number of ether oxygens (including phenoxy) is 3. The molecule has 0 radical (unpaired) electrons. The maximum Gasteiger partial charge on any atom is 0.257 e. The van der Waals surface area contributed by atoms with Crippen LogP contribution in [0.2, 0.25) is 0 Å². The molecule has 0 atom stereocenters. The summed E-state index contributed by atoms with van der Waals surface area (Å²) in [6.07, 6.45) is 1.60. The van der Waals surface area contributed by atoms with Gasteiger partial charge in [0, 0.05) is 12.7 Å². The van der Waals surface area contributed by atoms with E-state index in [1.165, 1.54) is 0 Å². The van der Waals surface area contributed by atoms with Crippen molar-refractivity contribution >= 4 is 5.91 Å². The van der Waals surface area contributed by atoms with Crippen LogP contribution in [0.15, 0.2) is 36.5 Å². The number of amides is 1. The van der Waals surface area contributed by atoms with E-state index >= 15 is 0 Å². The zero-order chi connectivity index (χ0) is 16.1. The molecule has 1 aromatic heterocycles. The Balaban J connectivity index is 1.67. The number of nitrogens with zero attached hydrogens (tertiary/aromatic N) is 1. The molecule has 1 aromatic carbocycles. The first-order valence-electron chi connectivity index (χ1n) is 7.52. The van der Waals surface area contributed by atoms with E-state index in [9.17, 15) is 4.79 Å². The topological polar surface area (TPSA) is 69.7 Å². The lowest BCUT2D eigenvalue weighted by molar-refractivity contribution is 0.0946. The predicted octanol–water partition coefficient (Wildman–Crippen LogP) is 2.18. The maximum atomic E-state index is 12.3. The van der Waals surface area contributed by atoms with Crippen LogP contribution in [-0.4, -0.2) is 30.7 Å². The van der Waals surface area contributed by atoms with Crippen LogP contribution in [0.3, 0.4) is 0 Å². The van der Waals surface area contributed by atoms with E-state index in [0.717, 1.165) is 11.3 Å². The Labute approximate surface area is 134 Å². The molecule has 0 bridgehead atoms. The number of fused-ring (bicyclic) bond motifs is 1. The molecule has 0 unspecified atom stereocenters. The third-order valence-electron chi connectivity index (χ3n) is 3.36. The Bertz CT molecular complexity index is 703. The first kappa shape index (κ1) is 15.1. The normalized spacial score (nSPS) is 12.6. The van der Waals surface area contributed by atoms with Crippen LogP contribution in [-0.2, 0) is 6.54 Å². The first-order chi connectivity index (χ1) is 11.3. The van der Waals surface area contributed by atoms with Crippen molar-refractivity contribution in [2.75, 3.05) is 19.8 Å². The van der Waals surface area contributed by atoms with Crippen molar-refractivity contribution in [1.29, 1.82) is 0 Å². The zero-order valence-electron chi connectivity index (χ0n) is 12.9. The van der Waals surface area contributed by atoms with Crippen molar-refractivity contribution in [3.8, 4) is 17.4 Å². The van der Waals surface area contributed by atoms with Gasteiger partial charge in [-0.05, 0) is 36.8 Å². The lowest BCUT2D eigenvalue weighted by Gasteiger charge is -2.19. The van der Waals surface area contributed by atoms with Gasteiger partial charge < -0.3 is 19.5 Å².